The highest BCUT2D eigenvalue weighted by Crippen LogP contribution is 2.30. The van der Waals surface area contributed by atoms with Gasteiger partial charge in [0.1, 0.15) is 11.2 Å². The number of urea groups is 1. The Bertz CT molecular complexity index is 425. The third-order valence-electron chi connectivity index (χ3n) is 2.53. The number of hydrogen-bond acceptors (Lipinski definition) is 5. The van der Waals surface area contributed by atoms with Gasteiger partial charge in [-0.3, -0.25) is 0 Å². The SMILES string of the molecule is CC(Cl)c1nnc(N2C(=O)N(C)CCC2O)s1. The highest BCUT2D eigenvalue weighted by Gasteiger charge is 2.33. The van der Waals surface area contributed by atoms with Gasteiger partial charge in [-0.1, -0.05) is 11.3 Å². The van der Waals surface area contributed by atoms with Crippen molar-refractivity contribution < 1.29 is 9.90 Å². The fourth-order valence-corrected chi connectivity index (χ4v) is 2.53. The minimum absolute atomic E-state index is 0.254. The van der Waals surface area contributed by atoms with Crippen molar-refractivity contribution in [3.63, 3.8) is 0 Å². The van der Waals surface area contributed by atoms with Crippen LogP contribution in [0, 0.1) is 0 Å². The summed E-state index contributed by atoms with van der Waals surface area (Å²) >= 11 is 7.11. The summed E-state index contributed by atoms with van der Waals surface area (Å²) < 4.78 is 0. The van der Waals surface area contributed by atoms with Gasteiger partial charge in [-0.15, -0.1) is 21.8 Å². The highest BCUT2D eigenvalue weighted by atomic mass is 35.5. The number of carbonyl (C=O) groups is 1. The van der Waals surface area contributed by atoms with E-state index in [0.717, 1.165) is 0 Å². The van der Waals surface area contributed by atoms with E-state index in [1.54, 1.807) is 14.0 Å². The van der Waals surface area contributed by atoms with E-state index in [2.05, 4.69) is 10.2 Å². The van der Waals surface area contributed by atoms with E-state index < -0.39 is 6.23 Å². The lowest BCUT2D eigenvalue weighted by atomic mass is 10.3. The third-order valence-corrected chi connectivity index (χ3v) is 3.97. The number of rotatable bonds is 2. The van der Waals surface area contributed by atoms with Crippen molar-refractivity contribution in [1.82, 2.24) is 15.1 Å². The smallest absolute Gasteiger partial charge is 0.328 e. The van der Waals surface area contributed by atoms with Crippen molar-refractivity contribution in [2.24, 2.45) is 0 Å². The first-order valence-electron chi connectivity index (χ1n) is 5.20. The Balaban J connectivity index is 2.26. The predicted octanol–water partition coefficient (Wildman–Crippen LogP) is 1.42. The molecule has 1 saturated heterocycles. The van der Waals surface area contributed by atoms with Crippen molar-refractivity contribution in [3.8, 4) is 0 Å². The van der Waals surface area contributed by atoms with Crippen LogP contribution in [0.15, 0.2) is 0 Å². The molecule has 0 saturated carbocycles. The van der Waals surface area contributed by atoms with E-state index in [4.69, 9.17) is 11.6 Å². The molecule has 1 N–H and O–H groups in total. The molecule has 1 aliphatic heterocycles. The molecule has 2 unspecified atom stereocenters. The highest BCUT2D eigenvalue weighted by molar-refractivity contribution is 7.15. The zero-order chi connectivity index (χ0) is 12.6. The van der Waals surface area contributed by atoms with Gasteiger partial charge >= 0.3 is 6.03 Å². The lowest BCUT2D eigenvalue weighted by Gasteiger charge is -2.35. The number of halogens is 1. The van der Waals surface area contributed by atoms with Gasteiger partial charge in [0.25, 0.3) is 0 Å². The fourth-order valence-electron chi connectivity index (χ4n) is 1.54. The second kappa shape index (κ2) is 4.75. The van der Waals surface area contributed by atoms with Crippen LogP contribution in [-0.4, -0.2) is 46.1 Å². The second-order valence-electron chi connectivity index (χ2n) is 3.88. The van der Waals surface area contributed by atoms with Crippen LogP contribution in [0.1, 0.15) is 23.7 Å². The first-order chi connectivity index (χ1) is 8.00. The Morgan fingerprint density at radius 1 is 1.59 bits per heavy atom. The Hall–Kier alpha value is -0.920. The van der Waals surface area contributed by atoms with Crippen LogP contribution >= 0.6 is 22.9 Å². The average molecular weight is 277 g/mol. The summed E-state index contributed by atoms with van der Waals surface area (Å²) in [6.07, 6.45) is -0.349. The molecule has 0 bridgehead atoms. The molecule has 2 amide bonds. The molecule has 1 aromatic heterocycles. The Kier molecular flexibility index (Phi) is 3.50. The zero-order valence-corrected chi connectivity index (χ0v) is 11.1. The van der Waals surface area contributed by atoms with Gasteiger partial charge in [0.05, 0.1) is 5.38 Å². The Morgan fingerprint density at radius 2 is 2.29 bits per heavy atom. The van der Waals surface area contributed by atoms with Crippen LogP contribution in [0.2, 0.25) is 0 Å². The fraction of sp³-hybridized carbons (Fsp3) is 0.667. The number of aromatic nitrogens is 2. The molecule has 8 heteroatoms. The summed E-state index contributed by atoms with van der Waals surface area (Å²) in [5.74, 6) is 0. The Morgan fingerprint density at radius 3 is 2.88 bits per heavy atom. The lowest BCUT2D eigenvalue weighted by Crippen LogP contribution is -2.53. The van der Waals surface area contributed by atoms with E-state index >= 15 is 0 Å². The molecule has 2 heterocycles. The first-order valence-corrected chi connectivity index (χ1v) is 6.46. The van der Waals surface area contributed by atoms with Crippen LogP contribution < -0.4 is 4.90 Å². The number of anilines is 1. The van der Waals surface area contributed by atoms with Gasteiger partial charge < -0.3 is 10.0 Å². The molecule has 0 aromatic carbocycles. The standard InChI is InChI=1S/C9H13ClN4O2S/c1-5(10)7-11-12-8(17-7)14-6(15)3-4-13(2)9(14)16/h5-6,15H,3-4H2,1-2H3. The van der Waals surface area contributed by atoms with Crippen molar-refractivity contribution in [3.05, 3.63) is 5.01 Å². The quantitative estimate of drug-likeness (QED) is 0.830. The molecule has 6 nitrogen and oxygen atoms in total. The van der Waals surface area contributed by atoms with Crippen molar-refractivity contribution in [2.75, 3.05) is 18.5 Å². The average Bonchev–Trinajstić information content (AvgIpc) is 2.73. The van der Waals surface area contributed by atoms with E-state index in [0.29, 0.717) is 23.1 Å². The molecule has 1 fully saturated rings. The van der Waals surface area contributed by atoms with Gasteiger partial charge in [0.15, 0.2) is 0 Å². The van der Waals surface area contributed by atoms with Crippen molar-refractivity contribution in [1.29, 1.82) is 0 Å². The summed E-state index contributed by atoms with van der Waals surface area (Å²) in [7, 11) is 1.69. The molecular formula is C9H13ClN4O2S. The van der Waals surface area contributed by atoms with Gasteiger partial charge in [0.2, 0.25) is 5.13 Å². The normalized spacial score (nSPS) is 23.1. The topological polar surface area (TPSA) is 69.6 Å². The number of alkyl halides is 1. The predicted molar refractivity (Wildman–Crippen MR) is 65.3 cm³/mol. The van der Waals surface area contributed by atoms with E-state index in [1.165, 1.54) is 21.1 Å². The molecule has 2 atom stereocenters. The first kappa shape index (κ1) is 12.5. The maximum Gasteiger partial charge on any atom is 0.328 e. The van der Waals surface area contributed by atoms with E-state index in [9.17, 15) is 9.90 Å². The van der Waals surface area contributed by atoms with Crippen molar-refractivity contribution in [2.45, 2.75) is 24.9 Å². The van der Waals surface area contributed by atoms with Gasteiger partial charge in [0, 0.05) is 20.0 Å². The molecule has 2 rings (SSSR count). The number of hydrogen-bond donors (Lipinski definition) is 1. The molecule has 0 spiro atoms. The molecule has 0 aliphatic carbocycles. The summed E-state index contributed by atoms with van der Waals surface area (Å²) in [6.45, 7) is 2.32. The largest absolute Gasteiger partial charge is 0.373 e. The van der Waals surface area contributed by atoms with E-state index in [1.807, 2.05) is 0 Å². The second-order valence-corrected chi connectivity index (χ2v) is 5.52. The maximum absolute atomic E-state index is 11.9. The zero-order valence-electron chi connectivity index (χ0n) is 9.50. The summed E-state index contributed by atoms with van der Waals surface area (Å²) in [6, 6.07) is -0.270. The van der Waals surface area contributed by atoms with Gasteiger partial charge in [-0.25, -0.2) is 9.69 Å². The van der Waals surface area contributed by atoms with Gasteiger partial charge in [-0.2, -0.15) is 0 Å². The summed E-state index contributed by atoms with van der Waals surface area (Å²) in [4.78, 5) is 14.7. The number of aliphatic hydroxyl groups is 1. The summed E-state index contributed by atoms with van der Waals surface area (Å²) in [5.41, 5.74) is 0. The van der Waals surface area contributed by atoms with Crippen LogP contribution in [0.25, 0.3) is 0 Å². The van der Waals surface area contributed by atoms with Crippen LogP contribution in [-0.2, 0) is 0 Å². The molecular weight excluding hydrogens is 264 g/mol. The third kappa shape index (κ3) is 2.36. The van der Waals surface area contributed by atoms with Crippen LogP contribution in [0.4, 0.5) is 9.93 Å². The number of aliphatic hydroxyl groups excluding tert-OH is 1. The minimum atomic E-state index is -0.842. The van der Waals surface area contributed by atoms with Crippen LogP contribution in [0.5, 0.6) is 0 Å². The van der Waals surface area contributed by atoms with Crippen molar-refractivity contribution >= 4 is 34.1 Å². The number of nitrogens with zero attached hydrogens (tertiary/aromatic N) is 4. The molecule has 1 aromatic rings. The molecule has 0 radical (unpaired) electrons. The maximum atomic E-state index is 11.9. The number of amides is 2. The molecule has 94 valence electrons. The monoisotopic (exact) mass is 276 g/mol. The lowest BCUT2D eigenvalue weighted by molar-refractivity contribution is 0.116. The molecule has 17 heavy (non-hydrogen) atoms. The Labute approximate surface area is 108 Å². The van der Waals surface area contributed by atoms with Gasteiger partial charge in [-0.05, 0) is 6.92 Å². The van der Waals surface area contributed by atoms with E-state index in [-0.39, 0.29) is 11.4 Å². The molecule has 1 aliphatic rings. The van der Waals surface area contributed by atoms with Crippen LogP contribution in [0.3, 0.4) is 0 Å². The minimum Gasteiger partial charge on any atom is -0.373 e. The summed E-state index contributed by atoms with van der Waals surface area (Å²) in [5, 5.41) is 18.4. The number of carbonyl (C=O) groups excluding carboxylic acids is 1.